The minimum Gasteiger partial charge on any atom is -0.508 e. The molecular formula is C18H15BrO6. The van der Waals surface area contributed by atoms with Crippen LogP contribution in [0.25, 0.3) is 0 Å². The molecule has 0 unspecified atom stereocenters. The van der Waals surface area contributed by atoms with Crippen molar-refractivity contribution in [3.05, 3.63) is 45.4 Å². The molecule has 3 rings (SSSR count). The smallest absolute Gasteiger partial charge is 0.162 e. The third kappa shape index (κ3) is 2.64. The molecule has 0 radical (unpaired) electrons. The number of carbonyl (C=O) groups excluding carboxylic acids is 2. The van der Waals surface area contributed by atoms with E-state index in [2.05, 4.69) is 15.9 Å². The van der Waals surface area contributed by atoms with E-state index in [0.29, 0.717) is 12.0 Å². The SMILES string of the molecule is CCc1cc(C2C(=O)C(c3cc(Br)c(O)cc3O)C2=O)c(O)cc1O. The number of benzene rings is 2. The fourth-order valence-corrected chi connectivity index (χ4v) is 3.44. The van der Waals surface area contributed by atoms with Crippen LogP contribution in [-0.2, 0) is 16.0 Å². The summed E-state index contributed by atoms with van der Waals surface area (Å²) in [6.07, 6.45) is 0.476. The van der Waals surface area contributed by atoms with Crippen LogP contribution in [0.2, 0.25) is 0 Å². The molecule has 0 spiro atoms. The Kier molecular flexibility index (Phi) is 4.20. The molecule has 1 aliphatic rings. The Hall–Kier alpha value is -2.54. The van der Waals surface area contributed by atoms with Gasteiger partial charge in [0.25, 0.3) is 0 Å². The number of phenols is 4. The average Bonchev–Trinajstić information content (AvgIpc) is 2.55. The maximum absolute atomic E-state index is 12.6. The van der Waals surface area contributed by atoms with E-state index in [0.717, 1.165) is 12.1 Å². The molecule has 0 amide bonds. The summed E-state index contributed by atoms with van der Waals surface area (Å²) in [5.41, 5.74) is 0.773. The zero-order valence-corrected chi connectivity index (χ0v) is 14.7. The number of aryl methyl sites for hydroxylation is 1. The normalized spacial score (nSPS) is 19.8. The second-order valence-corrected chi connectivity index (χ2v) is 6.78. The van der Waals surface area contributed by atoms with Crippen LogP contribution in [0.3, 0.4) is 0 Å². The predicted molar refractivity (Wildman–Crippen MR) is 92.1 cm³/mol. The van der Waals surface area contributed by atoms with Gasteiger partial charge in [0.05, 0.1) is 4.47 Å². The van der Waals surface area contributed by atoms with Gasteiger partial charge in [-0.2, -0.15) is 0 Å². The number of carbonyl (C=O) groups is 2. The van der Waals surface area contributed by atoms with Crippen molar-refractivity contribution in [3.8, 4) is 23.0 Å². The lowest BCUT2D eigenvalue weighted by Gasteiger charge is -2.33. The quantitative estimate of drug-likeness (QED) is 0.582. The highest BCUT2D eigenvalue weighted by Crippen LogP contribution is 2.48. The van der Waals surface area contributed by atoms with Crippen LogP contribution in [0.4, 0.5) is 0 Å². The lowest BCUT2D eigenvalue weighted by atomic mass is 9.65. The van der Waals surface area contributed by atoms with Crippen LogP contribution in [0.15, 0.2) is 28.7 Å². The van der Waals surface area contributed by atoms with Crippen LogP contribution in [0.5, 0.6) is 23.0 Å². The number of hydrogen-bond acceptors (Lipinski definition) is 6. The third-order valence-electron chi connectivity index (χ3n) is 4.47. The first-order chi connectivity index (χ1) is 11.8. The van der Waals surface area contributed by atoms with Crippen LogP contribution in [-0.4, -0.2) is 32.0 Å². The van der Waals surface area contributed by atoms with Gasteiger partial charge in [0.2, 0.25) is 0 Å². The van der Waals surface area contributed by atoms with Crippen molar-refractivity contribution < 1.29 is 30.0 Å². The van der Waals surface area contributed by atoms with E-state index in [1.165, 1.54) is 12.1 Å². The van der Waals surface area contributed by atoms with Crippen molar-refractivity contribution in [2.75, 3.05) is 0 Å². The van der Waals surface area contributed by atoms with E-state index in [1.54, 1.807) is 6.92 Å². The first-order valence-corrected chi connectivity index (χ1v) is 8.39. The summed E-state index contributed by atoms with van der Waals surface area (Å²) in [5.74, 6) is -4.18. The molecule has 0 aliphatic heterocycles. The predicted octanol–water partition coefficient (Wildman–Crippen LogP) is 2.85. The fourth-order valence-electron chi connectivity index (χ4n) is 3.08. The number of halogens is 1. The van der Waals surface area contributed by atoms with Crippen molar-refractivity contribution in [1.82, 2.24) is 0 Å². The molecule has 0 bridgehead atoms. The Morgan fingerprint density at radius 3 is 1.80 bits per heavy atom. The molecule has 1 aliphatic carbocycles. The maximum Gasteiger partial charge on any atom is 0.162 e. The van der Waals surface area contributed by atoms with E-state index >= 15 is 0 Å². The molecule has 25 heavy (non-hydrogen) atoms. The minimum absolute atomic E-state index is 0.0976. The molecular weight excluding hydrogens is 392 g/mol. The van der Waals surface area contributed by atoms with Gasteiger partial charge in [0.15, 0.2) is 11.6 Å². The van der Waals surface area contributed by atoms with Crippen LogP contribution < -0.4 is 0 Å². The van der Waals surface area contributed by atoms with E-state index in [-0.39, 0.29) is 38.6 Å². The summed E-state index contributed by atoms with van der Waals surface area (Å²) >= 11 is 3.09. The molecule has 130 valence electrons. The highest BCUT2D eigenvalue weighted by Gasteiger charge is 2.52. The summed E-state index contributed by atoms with van der Waals surface area (Å²) in [6, 6.07) is 4.96. The summed E-state index contributed by atoms with van der Waals surface area (Å²) in [5, 5.41) is 39.3. The standard InChI is InChI=1S/C18H15BrO6/c1-2-7-3-8(12(21)5-11(7)20)15-17(24)16(18(15)25)9-4-10(19)14(23)6-13(9)22/h3-6,15-16,20-23H,2H2,1H3. The van der Waals surface area contributed by atoms with Gasteiger partial charge >= 0.3 is 0 Å². The van der Waals surface area contributed by atoms with Crippen molar-refractivity contribution in [3.63, 3.8) is 0 Å². The van der Waals surface area contributed by atoms with Gasteiger partial charge in [-0.15, -0.1) is 0 Å². The van der Waals surface area contributed by atoms with Crippen LogP contribution in [0.1, 0.15) is 35.4 Å². The molecule has 4 N–H and O–H groups in total. The van der Waals surface area contributed by atoms with Gasteiger partial charge in [-0.3, -0.25) is 9.59 Å². The molecule has 0 atom stereocenters. The minimum atomic E-state index is -1.15. The molecule has 6 nitrogen and oxygen atoms in total. The van der Waals surface area contributed by atoms with E-state index in [9.17, 15) is 30.0 Å². The largest absolute Gasteiger partial charge is 0.508 e. The van der Waals surface area contributed by atoms with Crippen molar-refractivity contribution in [2.45, 2.75) is 25.2 Å². The highest BCUT2D eigenvalue weighted by atomic mass is 79.9. The Morgan fingerprint density at radius 2 is 1.28 bits per heavy atom. The lowest BCUT2D eigenvalue weighted by molar-refractivity contribution is -0.142. The average molecular weight is 407 g/mol. The second-order valence-electron chi connectivity index (χ2n) is 5.93. The molecule has 0 aromatic heterocycles. The van der Waals surface area contributed by atoms with Gasteiger partial charge in [0, 0.05) is 23.3 Å². The Labute approximate surface area is 151 Å². The fraction of sp³-hybridized carbons (Fsp3) is 0.222. The Bertz CT molecular complexity index is 889. The van der Waals surface area contributed by atoms with Gasteiger partial charge in [0.1, 0.15) is 34.8 Å². The molecule has 7 heteroatoms. The summed E-state index contributed by atoms with van der Waals surface area (Å²) in [7, 11) is 0. The van der Waals surface area contributed by atoms with E-state index in [1.807, 2.05) is 0 Å². The van der Waals surface area contributed by atoms with E-state index in [4.69, 9.17) is 0 Å². The topological polar surface area (TPSA) is 115 Å². The summed E-state index contributed by atoms with van der Waals surface area (Å²) in [6.45, 7) is 1.80. The molecule has 2 aromatic carbocycles. The van der Waals surface area contributed by atoms with Crippen molar-refractivity contribution in [1.29, 1.82) is 0 Å². The Morgan fingerprint density at radius 1 is 0.800 bits per heavy atom. The van der Waals surface area contributed by atoms with Gasteiger partial charge in [-0.25, -0.2) is 0 Å². The molecule has 0 heterocycles. The summed E-state index contributed by atoms with van der Waals surface area (Å²) in [4.78, 5) is 25.1. The maximum atomic E-state index is 12.6. The van der Waals surface area contributed by atoms with Crippen LogP contribution in [0, 0.1) is 0 Å². The molecule has 1 saturated carbocycles. The third-order valence-corrected chi connectivity index (χ3v) is 5.10. The monoisotopic (exact) mass is 406 g/mol. The van der Waals surface area contributed by atoms with Gasteiger partial charge < -0.3 is 20.4 Å². The number of hydrogen-bond donors (Lipinski definition) is 4. The zero-order valence-electron chi connectivity index (χ0n) is 13.2. The lowest BCUT2D eigenvalue weighted by Crippen LogP contribution is -2.44. The highest BCUT2D eigenvalue weighted by molar-refractivity contribution is 9.10. The van der Waals surface area contributed by atoms with Crippen molar-refractivity contribution >= 4 is 27.5 Å². The van der Waals surface area contributed by atoms with Gasteiger partial charge in [-0.1, -0.05) is 6.92 Å². The second kappa shape index (κ2) is 6.07. The zero-order chi connectivity index (χ0) is 18.5. The first-order valence-electron chi connectivity index (χ1n) is 7.59. The summed E-state index contributed by atoms with van der Waals surface area (Å²) < 4.78 is 0.255. The van der Waals surface area contributed by atoms with Gasteiger partial charge in [-0.05, 0) is 40.0 Å². The van der Waals surface area contributed by atoms with Crippen LogP contribution >= 0.6 is 15.9 Å². The number of ketones is 2. The molecule has 2 aromatic rings. The number of Topliss-reactive ketones (excluding diaryl/α,β-unsaturated/α-hetero) is 2. The first kappa shape index (κ1) is 17.3. The number of phenolic OH excluding ortho intramolecular Hbond substituents is 4. The van der Waals surface area contributed by atoms with E-state index < -0.39 is 23.4 Å². The molecule has 1 fully saturated rings. The number of rotatable bonds is 3. The Balaban J connectivity index is 1.99. The molecule has 0 saturated heterocycles. The number of aromatic hydroxyl groups is 4. The van der Waals surface area contributed by atoms with Crippen molar-refractivity contribution in [2.24, 2.45) is 0 Å².